The summed E-state index contributed by atoms with van der Waals surface area (Å²) in [4.78, 5) is 24.9. The van der Waals surface area contributed by atoms with Crippen molar-refractivity contribution in [3.63, 3.8) is 0 Å². The van der Waals surface area contributed by atoms with E-state index in [2.05, 4.69) is 0 Å². The van der Waals surface area contributed by atoms with E-state index in [9.17, 15) is 9.59 Å². The number of fused-ring (bicyclic) bond motifs is 1. The fraction of sp³-hybridized carbons (Fsp3) is 0.400. The van der Waals surface area contributed by atoms with E-state index >= 15 is 0 Å². The summed E-state index contributed by atoms with van der Waals surface area (Å²) in [7, 11) is 1.40. The van der Waals surface area contributed by atoms with Gasteiger partial charge in [0.1, 0.15) is 5.75 Å². The van der Waals surface area contributed by atoms with Gasteiger partial charge < -0.3 is 14.0 Å². The van der Waals surface area contributed by atoms with Gasteiger partial charge in [-0.1, -0.05) is 0 Å². The number of carbonyl (C=O) groups excluding carboxylic acids is 2. The highest BCUT2D eigenvalue weighted by Gasteiger charge is 2.30. The second-order valence-corrected chi connectivity index (χ2v) is 6.53. The minimum absolute atomic E-state index is 0.0483. The summed E-state index contributed by atoms with van der Waals surface area (Å²) in [6.07, 6.45) is 1.70. The van der Waals surface area contributed by atoms with Crippen LogP contribution in [-0.4, -0.2) is 29.5 Å². The zero-order valence-electron chi connectivity index (χ0n) is 14.8. The molecule has 0 radical (unpaired) electrons. The number of hydrogen-bond acceptors (Lipinski definition) is 4. The number of nitrogens with zero attached hydrogens (tertiary/aromatic N) is 1. The van der Waals surface area contributed by atoms with E-state index in [1.807, 2.05) is 36.6 Å². The van der Waals surface area contributed by atoms with E-state index in [4.69, 9.17) is 9.47 Å². The molecule has 1 aromatic carbocycles. The average Bonchev–Trinajstić information content (AvgIpc) is 3.04. The Morgan fingerprint density at radius 2 is 1.84 bits per heavy atom. The van der Waals surface area contributed by atoms with Gasteiger partial charge in [0.15, 0.2) is 0 Å². The number of methoxy groups -OCH3 is 1. The van der Waals surface area contributed by atoms with E-state index in [0.29, 0.717) is 11.3 Å². The molecule has 0 fully saturated rings. The third-order valence-corrected chi connectivity index (χ3v) is 4.45. The van der Waals surface area contributed by atoms with Crippen molar-refractivity contribution in [3.8, 4) is 5.75 Å². The molecule has 3 rings (SSSR count). The smallest absolute Gasteiger partial charge is 0.314 e. The second kappa shape index (κ2) is 7.13. The van der Waals surface area contributed by atoms with Gasteiger partial charge in [0, 0.05) is 17.8 Å². The summed E-state index contributed by atoms with van der Waals surface area (Å²) in [6, 6.07) is 10.8. The maximum atomic E-state index is 12.9. The minimum atomic E-state index is -0.290. The number of ether oxygens (including phenoxy) is 2. The lowest BCUT2D eigenvalue weighted by atomic mass is 9.96. The van der Waals surface area contributed by atoms with E-state index in [1.54, 1.807) is 18.2 Å². The molecule has 5 nitrogen and oxygen atoms in total. The molecule has 0 spiro atoms. The van der Waals surface area contributed by atoms with Crippen LogP contribution in [0.5, 0.6) is 5.75 Å². The fourth-order valence-electron chi connectivity index (χ4n) is 3.32. The van der Waals surface area contributed by atoms with Gasteiger partial charge in [0.25, 0.3) is 0 Å². The first kappa shape index (κ1) is 17.3. The molecule has 0 saturated heterocycles. The van der Waals surface area contributed by atoms with Crippen molar-refractivity contribution in [1.82, 2.24) is 4.57 Å². The van der Waals surface area contributed by atoms with Gasteiger partial charge in [0.2, 0.25) is 5.78 Å². The van der Waals surface area contributed by atoms with E-state index < -0.39 is 0 Å². The quantitative estimate of drug-likeness (QED) is 0.616. The number of aromatic nitrogens is 1. The van der Waals surface area contributed by atoms with Crippen molar-refractivity contribution in [3.05, 3.63) is 53.3 Å². The normalized spacial score (nSPS) is 16.4. The summed E-state index contributed by atoms with van der Waals surface area (Å²) in [6.45, 7) is 4.67. The van der Waals surface area contributed by atoms with Crippen molar-refractivity contribution >= 4 is 11.8 Å². The van der Waals surface area contributed by atoms with Crippen LogP contribution in [0.2, 0.25) is 0 Å². The van der Waals surface area contributed by atoms with Gasteiger partial charge in [-0.25, -0.2) is 0 Å². The highest BCUT2D eigenvalue weighted by molar-refractivity contribution is 6.08. The van der Waals surface area contributed by atoms with Crippen LogP contribution in [0.4, 0.5) is 0 Å². The molecule has 0 bridgehead atoms. The molecule has 1 aliphatic heterocycles. The molecular formula is C20H23NO4. The van der Waals surface area contributed by atoms with Crippen molar-refractivity contribution in [2.75, 3.05) is 7.11 Å². The molecule has 1 unspecified atom stereocenters. The first-order chi connectivity index (χ1) is 12.0. The van der Waals surface area contributed by atoms with E-state index in [0.717, 1.165) is 30.8 Å². The lowest BCUT2D eigenvalue weighted by Crippen LogP contribution is -2.24. The Hall–Kier alpha value is -2.56. The van der Waals surface area contributed by atoms with Crippen molar-refractivity contribution < 1.29 is 19.1 Å². The average molecular weight is 341 g/mol. The number of hydrogen-bond donors (Lipinski definition) is 0. The van der Waals surface area contributed by atoms with Gasteiger partial charge in [-0.15, -0.1) is 0 Å². The Morgan fingerprint density at radius 1 is 1.12 bits per heavy atom. The standard InChI is InChI=1S/C20H23NO4/c1-13(2)25-15-8-6-14(7-9-15)19(22)18-11-10-17-16(20(23)24-3)5-4-12-21(17)18/h6-11,13,16H,4-5,12H2,1-3H3. The molecule has 0 N–H and O–H groups in total. The molecule has 132 valence electrons. The van der Waals surface area contributed by atoms with E-state index in [-0.39, 0.29) is 23.8 Å². The highest BCUT2D eigenvalue weighted by atomic mass is 16.5. The maximum absolute atomic E-state index is 12.9. The summed E-state index contributed by atoms with van der Waals surface area (Å²) in [5.74, 6) is 0.165. The lowest BCUT2D eigenvalue weighted by Gasteiger charge is -2.24. The Kier molecular flexibility index (Phi) is 4.93. The van der Waals surface area contributed by atoms with E-state index in [1.165, 1.54) is 7.11 Å². The minimum Gasteiger partial charge on any atom is -0.491 e. The van der Waals surface area contributed by atoms with Gasteiger partial charge >= 0.3 is 5.97 Å². The first-order valence-electron chi connectivity index (χ1n) is 8.60. The van der Waals surface area contributed by atoms with Crippen LogP contribution in [-0.2, 0) is 16.1 Å². The predicted octanol–water partition coefficient (Wildman–Crippen LogP) is 3.56. The largest absolute Gasteiger partial charge is 0.491 e. The molecule has 0 amide bonds. The predicted molar refractivity (Wildman–Crippen MR) is 94.1 cm³/mol. The second-order valence-electron chi connectivity index (χ2n) is 6.53. The van der Waals surface area contributed by atoms with Gasteiger partial charge in [-0.05, 0) is 63.1 Å². The molecule has 2 aromatic rings. The number of carbonyl (C=O) groups is 2. The Bertz CT molecular complexity index is 773. The van der Waals surface area contributed by atoms with Crippen LogP contribution in [0.15, 0.2) is 36.4 Å². The molecule has 0 saturated carbocycles. The number of rotatable bonds is 5. The molecule has 1 aliphatic rings. The highest BCUT2D eigenvalue weighted by Crippen LogP contribution is 2.31. The Labute approximate surface area is 147 Å². The molecular weight excluding hydrogens is 318 g/mol. The SMILES string of the molecule is COC(=O)C1CCCn2c(C(=O)c3ccc(OC(C)C)cc3)ccc21. The van der Waals surface area contributed by atoms with Crippen molar-refractivity contribution in [1.29, 1.82) is 0 Å². The third-order valence-electron chi connectivity index (χ3n) is 4.45. The molecule has 1 aromatic heterocycles. The number of benzene rings is 1. The van der Waals surface area contributed by atoms with Crippen LogP contribution < -0.4 is 4.74 Å². The summed E-state index contributed by atoms with van der Waals surface area (Å²) in [5.41, 5.74) is 2.08. The molecule has 0 aliphatic carbocycles. The Balaban J connectivity index is 1.86. The maximum Gasteiger partial charge on any atom is 0.314 e. The van der Waals surface area contributed by atoms with Crippen LogP contribution >= 0.6 is 0 Å². The van der Waals surface area contributed by atoms with Gasteiger partial charge in [0.05, 0.1) is 24.8 Å². The molecule has 25 heavy (non-hydrogen) atoms. The van der Waals surface area contributed by atoms with Crippen LogP contribution in [0.1, 0.15) is 54.4 Å². The van der Waals surface area contributed by atoms with Crippen molar-refractivity contribution in [2.24, 2.45) is 0 Å². The molecule has 1 atom stereocenters. The van der Waals surface area contributed by atoms with Crippen LogP contribution in [0, 0.1) is 0 Å². The fourth-order valence-corrected chi connectivity index (χ4v) is 3.32. The van der Waals surface area contributed by atoms with Crippen LogP contribution in [0.25, 0.3) is 0 Å². The zero-order valence-corrected chi connectivity index (χ0v) is 14.8. The summed E-state index contributed by atoms with van der Waals surface area (Å²) < 4.78 is 12.5. The summed E-state index contributed by atoms with van der Waals surface area (Å²) in [5, 5.41) is 0. The zero-order chi connectivity index (χ0) is 18.0. The number of esters is 1. The third kappa shape index (κ3) is 3.45. The Morgan fingerprint density at radius 3 is 2.48 bits per heavy atom. The number of ketones is 1. The molecule has 5 heteroatoms. The topological polar surface area (TPSA) is 57.5 Å². The molecule has 2 heterocycles. The summed E-state index contributed by atoms with van der Waals surface area (Å²) >= 11 is 0. The monoisotopic (exact) mass is 341 g/mol. The lowest BCUT2D eigenvalue weighted by molar-refractivity contribution is -0.143. The van der Waals surface area contributed by atoms with Gasteiger partial charge in [-0.2, -0.15) is 0 Å². The van der Waals surface area contributed by atoms with Crippen LogP contribution in [0.3, 0.4) is 0 Å². The first-order valence-corrected chi connectivity index (χ1v) is 8.60. The van der Waals surface area contributed by atoms with Gasteiger partial charge in [-0.3, -0.25) is 9.59 Å². The van der Waals surface area contributed by atoms with Crippen molar-refractivity contribution in [2.45, 2.75) is 45.3 Å².